The number of dihydropyridines is 1. The smallest absolute Gasteiger partial charge is 0.161 e. The summed E-state index contributed by atoms with van der Waals surface area (Å²) in [5.41, 5.74) is 13.5. The summed E-state index contributed by atoms with van der Waals surface area (Å²) in [4.78, 5) is 3.36. The number of allylic oxidation sites excluding steroid dienone is 3. The molecule has 14 heteroatoms. The molecule has 1 saturated heterocycles. The Bertz CT molecular complexity index is 2350. The Hall–Kier alpha value is -3.88. The topological polar surface area (TPSA) is 217 Å². The lowest BCUT2D eigenvalue weighted by molar-refractivity contribution is -0.0214. The molecule has 1 aromatic heterocycles. The van der Waals surface area contributed by atoms with Crippen molar-refractivity contribution in [1.82, 2.24) is 15.6 Å². The first kappa shape index (κ1) is 52.4. The number of hydrogen-bond donors (Lipinski definition) is 11. The molecule has 8 rings (SSSR count). The van der Waals surface area contributed by atoms with E-state index in [0.717, 1.165) is 52.8 Å². The minimum atomic E-state index is -1.07. The summed E-state index contributed by atoms with van der Waals surface area (Å²) >= 11 is 0. The van der Waals surface area contributed by atoms with Crippen LogP contribution in [-0.2, 0) is 19.3 Å². The van der Waals surface area contributed by atoms with Gasteiger partial charge in [0.05, 0.1) is 24.4 Å². The van der Waals surface area contributed by atoms with Crippen molar-refractivity contribution in [2.75, 3.05) is 37.8 Å². The molecule has 13 atom stereocenters. The number of aromatic amines is 1. The van der Waals surface area contributed by atoms with E-state index in [4.69, 9.17) is 10.5 Å². The summed E-state index contributed by atoms with van der Waals surface area (Å²) in [6, 6.07) is 18.0. The SMILES string of the molecule is CC[C@H]1Cc2cc(O)c(O[C@H]3C[C@@H](Cc4ccc[nH]4)C4=CCNC(N)=C4CSSC[C@H](CO)[C@@H]3O)cc2[C@H]2C[C@@H](O)[C@@H]3[C@@H](C#C[C@](CCO)(CCc4ccccc4)C[C@@H](NC[C@H](C)O)CC[C@@H]3O)C=C12. The Kier molecular flexibility index (Phi) is 18.2. The van der Waals surface area contributed by atoms with Crippen LogP contribution in [0.15, 0.2) is 95.5 Å². The monoisotopic (exact) mass is 997 g/mol. The summed E-state index contributed by atoms with van der Waals surface area (Å²) in [5.74, 6) is 7.58. The first-order valence-electron chi connectivity index (χ1n) is 25.7. The fourth-order valence-electron chi connectivity index (χ4n) is 12.0. The van der Waals surface area contributed by atoms with Crippen LogP contribution in [0.25, 0.3) is 0 Å². The van der Waals surface area contributed by atoms with Gasteiger partial charge in [0.2, 0.25) is 0 Å². The lowest BCUT2D eigenvalue weighted by Crippen LogP contribution is -2.42. The van der Waals surface area contributed by atoms with Crippen LogP contribution in [0.2, 0.25) is 0 Å². The zero-order valence-electron chi connectivity index (χ0n) is 40.8. The molecule has 0 bridgehead atoms. The number of aliphatic hydroxyl groups excluding tert-OH is 6. The van der Waals surface area contributed by atoms with Crippen LogP contribution in [0, 0.1) is 46.8 Å². The number of rotatable bonds is 14. The van der Waals surface area contributed by atoms with E-state index in [-0.39, 0.29) is 48.5 Å². The number of H-pyrrole nitrogens is 1. The standard InChI is InChI=1S/C56H76N4O8S2/c1-3-36-22-38-25-49(65)51(68-52-26-39(23-41-10-7-19-58-41)43-15-20-59-55(57)47(43)33-70-69-32-40(31-62)54(52)67)28-45(38)46-27-50(66)53-37(24-44(36)46)14-17-56(18-21-61,16-13-35-8-5-4-6-9-35)29-42(11-12-48(53)64)60-30-34(2)63/h4-10,15,19,24-25,28,34,36-37,39-40,42,46,48,50,52-54,58-67H,3,11-13,16,18,20-23,26-27,29-33,57H2,1-2H3/t34-,36-,37-,39+,40-,42-,46-,48-,50+,52-,53+,54-,56-/m0/s1. The lowest BCUT2D eigenvalue weighted by Gasteiger charge is -2.37. The van der Waals surface area contributed by atoms with Crippen LogP contribution < -0.4 is 21.1 Å². The van der Waals surface area contributed by atoms with Crippen LogP contribution in [0.1, 0.15) is 93.5 Å². The predicted octanol–water partition coefficient (Wildman–Crippen LogP) is 6.26. The minimum Gasteiger partial charge on any atom is -0.504 e. The highest BCUT2D eigenvalue weighted by Crippen LogP contribution is 2.51. The van der Waals surface area contributed by atoms with Crippen LogP contribution >= 0.6 is 21.6 Å². The third-order valence-electron chi connectivity index (χ3n) is 15.9. The zero-order valence-corrected chi connectivity index (χ0v) is 42.4. The Morgan fingerprint density at radius 1 is 1.00 bits per heavy atom. The number of aromatic nitrogens is 1. The van der Waals surface area contributed by atoms with Crippen LogP contribution in [0.4, 0.5) is 0 Å². The molecular weight excluding hydrogens is 921 g/mol. The molecule has 5 aliphatic rings. The Morgan fingerprint density at radius 2 is 1.83 bits per heavy atom. The molecule has 0 spiro atoms. The second-order valence-corrected chi connectivity index (χ2v) is 23.2. The van der Waals surface area contributed by atoms with E-state index in [0.29, 0.717) is 81.8 Å². The van der Waals surface area contributed by atoms with Gasteiger partial charge in [0, 0.05) is 90.4 Å². The number of nitrogens with one attached hydrogen (secondary N) is 3. The van der Waals surface area contributed by atoms with Gasteiger partial charge in [0.1, 0.15) is 11.9 Å². The number of benzene rings is 2. The second-order valence-electron chi connectivity index (χ2n) is 20.7. The third-order valence-corrected chi connectivity index (χ3v) is 18.3. The highest BCUT2D eigenvalue weighted by molar-refractivity contribution is 8.76. The minimum absolute atomic E-state index is 0.0288. The molecule has 3 heterocycles. The van der Waals surface area contributed by atoms with Gasteiger partial charge in [-0.15, -0.1) is 0 Å². The van der Waals surface area contributed by atoms with Crippen molar-refractivity contribution in [2.24, 2.45) is 40.7 Å². The lowest BCUT2D eigenvalue weighted by atomic mass is 9.70. The van der Waals surface area contributed by atoms with Crippen LogP contribution in [0.3, 0.4) is 0 Å². The summed E-state index contributed by atoms with van der Waals surface area (Å²) in [7, 11) is 3.24. The summed E-state index contributed by atoms with van der Waals surface area (Å²) < 4.78 is 6.92. The Balaban J connectivity index is 1.17. The molecule has 2 aromatic carbocycles. The maximum absolute atomic E-state index is 12.5. The molecular formula is C56H76N4O8S2. The van der Waals surface area contributed by atoms with Gasteiger partial charge in [-0.1, -0.05) is 88.4 Å². The van der Waals surface area contributed by atoms with Gasteiger partial charge in [0.15, 0.2) is 11.5 Å². The molecule has 1 fully saturated rings. The number of aryl methyl sites for hydroxylation is 1. The van der Waals surface area contributed by atoms with Crippen molar-refractivity contribution < 1.29 is 40.5 Å². The van der Waals surface area contributed by atoms with Crippen LogP contribution in [-0.4, -0.2) is 115 Å². The predicted molar refractivity (Wildman–Crippen MR) is 280 cm³/mol. The number of ether oxygens (including phenoxy) is 1. The number of fused-ring (bicyclic) bond motifs is 5. The first-order valence-corrected chi connectivity index (χ1v) is 28.2. The molecule has 3 aromatic rings. The molecule has 0 radical (unpaired) electrons. The van der Waals surface area contributed by atoms with Crippen molar-refractivity contribution in [3.05, 3.63) is 118 Å². The summed E-state index contributed by atoms with van der Waals surface area (Å²) in [6.07, 6.45) is 8.57. The molecule has 12 N–H and O–H groups in total. The second kappa shape index (κ2) is 24.2. The fraction of sp³-hybridized carbons (Fsp3) is 0.571. The average molecular weight is 997 g/mol. The van der Waals surface area contributed by atoms with Gasteiger partial charge < -0.3 is 61.8 Å². The molecule has 2 aliphatic heterocycles. The maximum Gasteiger partial charge on any atom is 0.161 e. The average Bonchev–Trinajstić information content (AvgIpc) is 3.81. The van der Waals surface area contributed by atoms with E-state index < -0.39 is 53.7 Å². The fourth-order valence-corrected chi connectivity index (χ4v) is 14.5. The van der Waals surface area contributed by atoms with E-state index in [2.05, 4.69) is 64.7 Å². The number of aliphatic hydroxyl groups is 6. The normalized spacial score (nSPS) is 32.1. The number of phenols is 1. The first-order chi connectivity index (χ1) is 33.9. The van der Waals surface area contributed by atoms with Crippen molar-refractivity contribution in [2.45, 2.75) is 127 Å². The number of phenolic OH excluding ortho intramolecular Hbond substituents is 1. The summed E-state index contributed by atoms with van der Waals surface area (Å²) in [5, 5.41) is 87.3. The van der Waals surface area contributed by atoms with Crippen LogP contribution in [0.5, 0.6) is 11.5 Å². The van der Waals surface area contributed by atoms with Gasteiger partial charge in [-0.2, -0.15) is 0 Å². The molecule has 0 amide bonds. The van der Waals surface area contributed by atoms with Gasteiger partial charge in [0.25, 0.3) is 0 Å². The van der Waals surface area contributed by atoms with Gasteiger partial charge in [-0.25, -0.2) is 0 Å². The summed E-state index contributed by atoms with van der Waals surface area (Å²) in [6.45, 7) is 4.62. The molecule has 70 heavy (non-hydrogen) atoms. The Labute approximate surface area is 422 Å². The van der Waals surface area contributed by atoms with E-state index in [1.165, 1.54) is 5.56 Å². The van der Waals surface area contributed by atoms with Crippen molar-refractivity contribution in [1.29, 1.82) is 0 Å². The third kappa shape index (κ3) is 12.5. The van der Waals surface area contributed by atoms with Gasteiger partial charge in [-0.3, -0.25) is 0 Å². The van der Waals surface area contributed by atoms with Crippen molar-refractivity contribution in [3.8, 4) is 23.3 Å². The highest BCUT2D eigenvalue weighted by Gasteiger charge is 2.44. The van der Waals surface area contributed by atoms with Gasteiger partial charge >= 0.3 is 0 Å². The van der Waals surface area contributed by atoms with E-state index in [1.54, 1.807) is 34.6 Å². The van der Waals surface area contributed by atoms with Crippen molar-refractivity contribution >= 4 is 21.6 Å². The molecule has 380 valence electrons. The zero-order chi connectivity index (χ0) is 49.4. The number of nitrogens with two attached hydrogens (primary N) is 1. The van der Waals surface area contributed by atoms with Crippen molar-refractivity contribution in [3.63, 3.8) is 0 Å². The quantitative estimate of drug-likeness (QED) is 0.0490. The van der Waals surface area contributed by atoms with E-state index in [9.17, 15) is 35.7 Å². The maximum atomic E-state index is 12.5. The Morgan fingerprint density at radius 3 is 2.57 bits per heavy atom. The molecule has 0 unspecified atom stereocenters. The largest absolute Gasteiger partial charge is 0.504 e. The molecule has 3 aliphatic carbocycles. The van der Waals surface area contributed by atoms with Gasteiger partial charge in [-0.05, 0) is 136 Å². The number of hydrogen-bond acceptors (Lipinski definition) is 13. The van der Waals surface area contributed by atoms with E-state index >= 15 is 0 Å². The molecule has 0 saturated carbocycles. The number of aromatic hydroxyl groups is 1. The highest BCUT2D eigenvalue weighted by atomic mass is 33.1. The molecule has 12 nitrogen and oxygen atoms in total. The van der Waals surface area contributed by atoms with E-state index in [1.807, 2.05) is 36.5 Å².